The summed E-state index contributed by atoms with van der Waals surface area (Å²) in [5, 5.41) is 3.25. The van der Waals surface area contributed by atoms with Crippen molar-refractivity contribution in [2.24, 2.45) is 0 Å². The normalized spacial score (nSPS) is 11.6. The molecule has 0 saturated heterocycles. The van der Waals surface area contributed by atoms with Crippen LogP contribution >= 0.6 is 11.6 Å². The Morgan fingerprint density at radius 3 is 2.65 bits per heavy atom. The second-order valence-corrected chi connectivity index (χ2v) is 6.31. The van der Waals surface area contributed by atoms with Gasteiger partial charge in [0.1, 0.15) is 16.4 Å². The summed E-state index contributed by atoms with van der Waals surface area (Å²) in [4.78, 5) is 0.114. The van der Waals surface area contributed by atoms with Crippen LogP contribution in [0.1, 0.15) is 11.5 Å². The number of sulfonamides is 1. The fourth-order valence-electron chi connectivity index (χ4n) is 1.80. The molecule has 0 bridgehead atoms. The zero-order valence-corrected chi connectivity index (χ0v) is 12.7. The Labute approximate surface area is 123 Å². The summed E-state index contributed by atoms with van der Waals surface area (Å²) in [5.74, 6) is 0.902. The third kappa shape index (κ3) is 3.15. The van der Waals surface area contributed by atoms with Crippen molar-refractivity contribution in [3.05, 3.63) is 46.9 Å². The summed E-state index contributed by atoms with van der Waals surface area (Å²) in [6, 6.07) is 8.16. The largest absolute Gasteiger partial charge is 0.464 e. The first-order valence-electron chi connectivity index (χ1n) is 5.95. The van der Waals surface area contributed by atoms with E-state index in [1.807, 2.05) is 0 Å². The van der Waals surface area contributed by atoms with Crippen molar-refractivity contribution < 1.29 is 12.8 Å². The average Bonchev–Trinajstić information content (AvgIpc) is 2.74. The molecule has 0 aliphatic rings. The number of halogens is 1. The van der Waals surface area contributed by atoms with E-state index in [1.165, 1.54) is 6.07 Å². The Balaban J connectivity index is 2.33. The minimum atomic E-state index is -3.72. The molecule has 0 amide bonds. The maximum absolute atomic E-state index is 12.3. The van der Waals surface area contributed by atoms with Gasteiger partial charge in [0.15, 0.2) is 0 Å². The highest BCUT2D eigenvalue weighted by Crippen LogP contribution is 2.26. The van der Waals surface area contributed by atoms with Gasteiger partial charge in [0.05, 0.1) is 17.3 Å². The monoisotopic (exact) mass is 314 g/mol. The molecule has 0 aliphatic carbocycles. The van der Waals surface area contributed by atoms with Crippen molar-refractivity contribution in [2.75, 3.05) is 11.8 Å². The van der Waals surface area contributed by atoms with Crippen LogP contribution in [0.4, 0.5) is 5.69 Å². The topological polar surface area (TPSA) is 71.3 Å². The van der Waals surface area contributed by atoms with E-state index in [9.17, 15) is 8.42 Å². The molecule has 1 aromatic heterocycles. The van der Waals surface area contributed by atoms with Gasteiger partial charge in [0.25, 0.3) is 10.0 Å². The molecule has 20 heavy (non-hydrogen) atoms. The predicted molar refractivity (Wildman–Crippen MR) is 78.5 cm³/mol. The lowest BCUT2D eigenvalue weighted by Crippen LogP contribution is -2.13. The number of aryl methyl sites for hydroxylation is 1. The van der Waals surface area contributed by atoms with Gasteiger partial charge in [-0.15, -0.1) is 0 Å². The number of nitrogens with one attached hydrogen (secondary N) is 2. The number of para-hydroxylation sites is 1. The lowest BCUT2D eigenvalue weighted by molar-refractivity contribution is 0.466. The quantitative estimate of drug-likeness (QED) is 0.890. The molecule has 0 aliphatic heterocycles. The third-order valence-corrected chi connectivity index (χ3v) is 4.48. The Bertz CT molecular complexity index is 710. The Kier molecular flexibility index (Phi) is 4.37. The maximum Gasteiger partial charge on any atom is 0.265 e. The number of rotatable bonds is 5. The van der Waals surface area contributed by atoms with Gasteiger partial charge in [0, 0.05) is 6.07 Å². The summed E-state index contributed by atoms with van der Waals surface area (Å²) in [7, 11) is -1.96. The molecular weight excluding hydrogens is 300 g/mol. The van der Waals surface area contributed by atoms with Gasteiger partial charge in [-0.2, -0.15) is 0 Å². The van der Waals surface area contributed by atoms with Crippen LogP contribution in [0.25, 0.3) is 0 Å². The number of benzene rings is 1. The second-order valence-electron chi connectivity index (χ2n) is 4.25. The molecule has 0 radical (unpaired) electrons. The molecule has 2 aromatic rings. The van der Waals surface area contributed by atoms with Gasteiger partial charge in [-0.25, -0.2) is 8.42 Å². The van der Waals surface area contributed by atoms with E-state index in [0.717, 1.165) is 0 Å². The highest BCUT2D eigenvalue weighted by molar-refractivity contribution is 7.92. The number of furan rings is 1. The van der Waals surface area contributed by atoms with Crippen molar-refractivity contribution in [2.45, 2.75) is 18.4 Å². The summed E-state index contributed by atoms with van der Waals surface area (Å²) in [6.45, 7) is 2.07. The molecule has 0 fully saturated rings. The predicted octanol–water partition coefficient (Wildman–Crippen LogP) is 2.76. The van der Waals surface area contributed by atoms with Crippen LogP contribution in [0.5, 0.6) is 0 Å². The second kappa shape index (κ2) is 5.87. The fraction of sp³-hybridized carbons (Fsp3) is 0.231. The van der Waals surface area contributed by atoms with Gasteiger partial charge >= 0.3 is 0 Å². The van der Waals surface area contributed by atoms with Crippen molar-refractivity contribution in [3.8, 4) is 0 Å². The Morgan fingerprint density at radius 2 is 2.00 bits per heavy atom. The molecular formula is C13H15ClN2O3S. The summed E-state index contributed by atoms with van der Waals surface area (Å²) in [6.07, 6.45) is 0. The molecule has 0 atom stereocenters. The molecule has 0 unspecified atom stereocenters. The van der Waals surface area contributed by atoms with Crippen LogP contribution in [0.3, 0.4) is 0 Å². The molecule has 2 N–H and O–H groups in total. The van der Waals surface area contributed by atoms with Crippen molar-refractivity contribution in [1.82, 2.24) is 5.32 Å². The van der Waals surface area contributed by atoms with E-state index in [-0.39, 0.29) is 4.90 Å². The highest BCUT2D eigenvalue weighted by Gasteiger charge is 2.22. The minimum absolute atomic E-state index is 0.114. The first-order chi connectivity index (χ1) is 9.44. The maximum atomic E-state index is 12.3. The van der Waals surface area contributed by atoms with Crippen LogP contribution in [0, 0.1) is 6.92 Å². The van der Waals surface area contributed by atoms with Crippen LogP contribution in [0.2, 0.25) is 5.02 Å². The Hall–Kier alpha value is -1.50. The van der Waals surface area contributed by atoms with Gasteiger partial charge in [-0.1, -0.05) is 23.7 Å². The smallest absolute Gasteiger partial charge is 0.265 e. The molecule has 7 heteroatoms. The first kappa shape index (κ1) is 14.9. The van der Waals surface area contributed by atoms with Crippen LogP contribution in [-0.4, -0.2) is 15.5 Å². The molecule has 5 nitrogen and oxygen atoms in total. The molecule has 1 aromatic carbocycles. The van der Waals surface area contributed by atoms with E-state index < -0.39 is 10.0 Å². The zero-order chi connectivity index (χ0) is 14.8. The van der Waals surface area contributed by atoms with Gasteiger partial charge in [0.2, 0.25) is 0 Å². The van der Waals surface area contributed by atoms with Crippen molar-refractivity contribution >= 4 is 27.3 Å². The molecule has 0 spiro atoms. The number of hydrogen-bond acceptors (Lipinski definition) is 4. The fourth-order valence-corrected chi connectivity index (χ4v) is 3.32. The highest BCUT2D eigenvalue weighted by atomic mass is 35.5. The number of anilines is 1. The Morgan fingerprint density at radius 1 is 1.30 bits per heavy atom. The van der Waals surface area contributed by atoms with Crippen molar-refractivity contribution in [1.29, 1.82) is 0 Å². The third-order valence-electron chi connectivity index (χ3n) is 2.68. The van der Waals surface area contributed by atoms with E-state index in [1.54, 1.807) is 38.2 Å². The average molecular weight is 315 g/mol. The van der Waals surface area contributed by atoms with E-state index in [0.29, 0.717) is 28.8 Å². The molecule has 108 valence electrons. The van der Waals surface area contributed by atoms with Crippen molar-refractivity contribution in [3.63, 3.8) is 0 Å². The van der Waals surface area contributed by atoms with E-state index in [4.69, 9.17) is 16.0 Å². The minimum Gasteiger partial charge on any atom is -0.464 e. The SMILES string of the molecule is CNCc1cc(S(=O)(=O)Nc2ccccc2Cl)c(C)o1. The van der Waals surface area contributed by atoms with Crippen LogP contribution in [0.15, 0.2) is 39.6 Å². The molecule has 1 heterocycles. The number of hydrogen-bond donors (Lipinski definition) is 2. The lowest BCUT2D eigenvalue weighted by Gasteiger charge is -2.08. The lowest BCUT2D eigenvalue weighted by atomic mass is 10.3. The molecule has 2 rings (SSSR count). The van der Waals surface area contributed by atoms with Gasteiger partial charge in [-0.3, -0.25) is 4.72 Å². The van der Waals surface area contributed by atoms with E-state index in [2.05, 4.69) is 10.0 Å². The van der Waals surface area contributed by atoms with Gasteiger partial charge in [-0.05, 0) is 26.1 Å². The van der Waals surface area contributed by atoms with Gasteiger partial charge < -0.3 is 9.73 Å². The summed E-state index contributed by atoms with van der Waals surface area (Å²) >= 11 is 5.95. The summed E-state index contributed by atoms with van der Waals surface area (Å²) < 4.78 is 32.5. The molecule has 0 saturated carbocycles. The zero-order valence-electron chi connectivity index (χ0n) is 11.1. The standard InChI is InChI=1S/C13H15ClN2O3S/c1-9-13(7-10(19-9)8-15-2)20(17,18)16-12-6-4-3-5-11(12)14/h3-7,15-16H,8H2,1-2H3. The first-order valence-corrected chi connectivity index (χ1v) is 7.81. The van der Waals surface area contributed by atoms with E-state index >= 15 is 0 Å². The summed E-state index contributed by atoms with van der Waals surface area (Å²) in [5.41, 5.74) is 0.338. The van der Waals surface area contributed by atoms with Crippen LogP contribution < -0.4 is 10.0 Å². The van der Waals surface area contributed by atoms with Crippen LogP contribution in [-0.2, 0) is 16.6 Å².